The summed E-state index contributed by atoms with van der Waals surface area (Å²) < 4.78 is 18.5. The van der Waals surface area contributed by atoms with Crippen molar-refractivity contribution in [2.24, 2.45) is 0 Å². The molecule has 0 radical (unpaired) electrons. The number of amides is 3. The fourth-order valence-corrected chi connectivity index (χ4v) is 2.28. The van der Waals surface area contributed by atoms with Gasteiger partial charge in [0.25, 0.3) is 0 Å². The summed E-state index contributed by atoms with van der Waals surface area (Å²) in [5.74, 6) is -0.108. The highest BCUT2D eigenvalue weighted by atomic mass is 19.1. The van der Waals surface area contributed by atoms with Gasteiger partial charge in [0.2, 0.25) is 5.91 Å². The Morgan fingerprint density at radius 1 is 1.16 bits per heavy atom. The number of hydrogen-bond donors (Lipinski definition) is 2. The van der Waals surface area contributed by atoms with E-state index in [0.29, 0.717) is 22.7 Å². The van der Waals surface area contributed by atoms with Crippen molar-refractivity contribution in [3.63, 3.8) is 0 Å². The molecule has 0 unspecified atom stereocenters. The number of ether oxygens (including phenoxy) is 1. The van der Waals surface area contributed by atoms with Crippen molar-refractivity contribution in [1.82, 2.24) is 4.90 Å². The highest BCUT2D eigenvalue weighted by Gasteiger charge is 2.13. The van der Waals surface area contributed by atoms with Crippen LogP contribution in [0.15, 0.2) is 42.5 Å². The molecule has 2 aromatic carbocycles. The fraction of sp³-hybridized carbons (Fsp3) is 0.222. The standard InChI is InChI=1S/C18H20FN3O3/c1-12(23)20-15-7-8-17(25-3)16(10-15)21-18(24)22(2)11-13-5-4-6-14(19)9-13/h4-10H,11H2,1-3H3,(H,20,23)(H,21,24). The van der Waals surface area contributed by atoms with E-state index < -0.39 is 0 Å². The molecule has 7 heteroatoms. The van der Waals surface area contributed by atoms with Gasteiger partial charge < -0.3 is 20.3 Å². The number of carbonyl (C=O) groups is 2. The molecule has 0 aliphatic carbocycles. The monoisotopic (exact) mass is 345 g/mol. The summed E-state index contributed by atoms with van der Waals surface area (Å²) in [4.78, 5) is 25.0. The Kier molecular flexibility index (Phi) is 5.94. The molecule has 2 aromatic rings. The van der Waals surface area contributed by atoms with Crippen LogP contribution in [0.3, 0.4) is 0 Å². The second-order valence-corrected chi connectivity index (χ2v) is 5.51. The summed E-state index contributed by atoms with van der Waals surface area (Å²) in [6, 6.07) is 10.6. The minimum Gasteiger partial charge on any atom is -0.495 e. The highest BCUT2D eigenvalue weighted by Crippen LogP contribution is 2.28. The summed E-state index contributed by atoms with van der Waals surface area (Å²) in [6.07, 6.45) is 0. The molecule has 6 nitrogen and oxygen atoms in total. The zero-order valence-corrected chi connectivity index (χ0v) is 14.3. The van der Waals surface area contributed by atoms with Gasteiger partial charge in [-0.05, 0) is 35.9 Å². The van der Waals surface area contributed by atoms with E-state index in [1.165, 1.54) is 31.1 Å². The first-order chi connectivity index (χ1) is 11.9. The van der Waals surface area contributed by atoms with Crippen molar-refractivity contribution in [2.45, 2.75) is 13.5 Å². The van der Waals surface area contributed by atoms with Crippen molar-refractivity contribution >= 4 is 23.3 Å². The van der Waals surface area contributed by atoms with Gasteiger partial charge in [-0.25, -0.2) is 9.18 Å². The highest BCUT2D eigenvalue weighted by molar-refractivity contribution is 5.94. The molecule has 0 bridgehead atoms. The van der Waals surface area contributed by atoms with Gasteiger partial charge in [0.05, 0.1) is 12.8 Å². The first-order valence-corrected chi connectivity index (χ1v) is 7.61. The fourth-order valence-electron chi connectivity index (χ4n) is 2.28. The molecule has 132 valence electrons. The van der Waals surface area contributed by atoms with Gasteiger partial charge in [0, 0.05) is 26.2 Å². The lowest BCUT2D eigenvalue weighted by Crippen LogP contribution is -2.31. The zero-order valence-electron chi connectivity index (χ0n) is 14.3. The minimum absolute atomic E-state index is 0.217. The van der Waals surface area contributed by atoms with Crippen LogP contribution in [0.2, 0.25) is 0 Å². The van der Waals surface area contributed by atoms with E-state index in [1.807, 2.05) is 0 Å². The average Bonchev–Trinajstić information content (AvgIpc) is 2.54. The Labute approximate surface area is 145 Å². The van der Waals surface area contributed by atoms with E-state index in [2.05, 4.69) is 10.6 Å². The van der Waals surface area contributed by atoms with E-state index in [4.69, 9.17) is 4.74 Å². The van der Waals surface area contributed by atoms with Crippen molar-refractivity contribution in [1.29, 1.82) is 0 Å². The number of benzene rings is 2. The molecule has 0 aliphatic rings. The number of urea groups is 1. The Morgan fingerprint density at radius 2 is 1.92 bits per heavy atom. The largest absolute Gasteiger partial charge is 0.495 e. The predicted octanol–water partition coefficient (Wildman–Crippen LogP) is 3.46. The molecule has 0 atom stereocenters. The number of anilines is 2. The quantitative estimate of drug-likeness (QED) is 0.872. The minimum atomic E-state index is -0.387. The van der Waals surface area contributed by atoms with Crippen LogP contribution < -0.4 is 15.4 Å². The summed E-state index contributed by atoms with van der Waals surface area (Å²) >= 11 is 0. The molecule has 0 saturated carbocycles. The third-order valence-electron chi connectivity index (χ3n) is 3.42. The maximum atomic E-state index is 13.2. The van der Waals surface area contributed by atoms with E-state index >= 15 is 0 Å². The lowest BCUT2D eigenvalue weighted by Gasteiger charge is -2.19. The van der Waals surface area contributed by atoms with Crippen LogP contribution in [-0.4, -0.2) is 31.0 Å². The van der Waals surface area contributed by atoms with Gasteiger partial charge in [0.1, 0.15) is 11.6 Å². The second kappa shape index (κ2) is 8.14. The second-order valence-electron chi connectivity index (χ2n) is 5.51. The zero-order chi connectivity index (χ0) is 18.4. The molecule has 2 N–H and O–H groups in total. The van der Waals surface area contributed by atoms with Crippen molar-refractivity contribution in [3.05, 3.63) is 53.8 Å². The normalized spacial score (nSPS) is 10.1. The maximum Gasteiger partial charge on any atom is 0.321 e. The van der Waals surface area contributed by atoms with E-state index in [1.54, 1.807) is 37.4 Å². The van der Waals surface area contributed by atoms with E-state index in [0.717, 1.165) is 0 Å². The molecule has 0 spiro atoms. The van der Waals surface area contributed by atoms with Gasteiger partial charge in [0.15, 0.2) is 0 Å². The predicted molar refractivity (Wildman–Crippen MR) is 94.2 cm³/mol. The first kappa shape index (κ1) is 18.3. The number of hydrogen-bond acceptors (Lipinski definition) is 3. The average molecular weight is 345 g/mol. The van der Waals surface area contributed by atoms with Gasteiger partial charge in [-0.2, -0.15) is 0 Å². The van der Waals surface area contributed by atoms with Crippen molar-refractivity contribution < 1.29 is 18.7 Å². The van der Waals surface area contributed by atoms with Crippen LogP contribution in [0.1, 0.15) is 12.5 Å². The number of carbonyl (C=O) groups excluding carboxylic acids is 2. The first-order valence-electron chi connectivity index (χ1n) is 7.61. The lowest BCUT2D eigenvalue weighted by molar-refractivity contribution is -0.114. The number of rotatable bonds is 5. The van der Waals surface area contributed by atoms with E-state index in [9.17, 15) is 14.0 Å². The third-order valence-corrected chi connectivity index (χ3v) is 3.42. The van der Waals surface area contributed by atoms with Gasteiger partial charge in [-0.15, -0.1) is 0 Å². The Hall–Kier alpha value is -3.09. The van der Waals surface area contributed by atoms with Gasteiger partial charge >= 0.3 is 6.03 Å². The summed E-state index contributed by atoms with van der Waals surface area (Å²) in [6.45, 7) is 1.65. The number of nitrogens with zero attached hydrogens (tertiary/aromatic N) is 1. The summed E-state index contributed by atoms with van der Waals surface area (Å²) in [5, 5.41) is 5.37. The molecule has 0 saturated heterocycles. The molecular formula is C18H20FN3O3. The lowest BCUT2D eigenvalue weighted by atomic mass is 10.2. The Balaban J connectivity index is 2.11. The molecule has 3 amide bonds. The van der Waals surface area contributed by atoms with Crippen molar-refractivity contribution in [2.75, 3.05) is 24.8 Å². The molecule has 0 fully saturated rings. The molecule has 25 heavy (non-hydrogen) atoms. The Bertz CT molecular complexity index is 780. The molecular weight excluding hydrogens is 325 g/mol. The molecule has 0 aromatic heterocycles. The van der Waals surface area contributed by atoms with Crippen LogP contribution in [0.4, 0.5) is 20.6 Å². The van der Waals surface area contributed by atoms with Crippen LogP contribution in [0.25, 0.3) is 0 Å². The van der Waals surface area contributed by atoms with Crippen LogP contribution >= 0.6 is 0 Å². The molecule has 0 aliphatic heterocycles. The van der Waals surface area contributed by atoms with E-state index in [-0.39, 0.29) is 24.3 Å². The number of halogens is 1. The topological polar surface area (TPSA) is 70.7 Å². The van der Waals surface area contributed by atoms with Crippen LogP contribution in [-0.2, 0) is 11.3 Å². The molecule has 0 heterocycles. The van der Waals surface area contributed by atoms with Gasteiger partial charge in [-0.1, -0.05) is 12.1 Å². The summed E-state index contributed by atoms with van der Waals surface area (Å²) in [7, 11) is 3.09. The van der Waals surface area contributed by atoms with Crippen LogP contribution in [0.5, 0.6) is 5.75 Å². The van der Waals surface area contributed by atoms with Crippen LogP contribution in [0, 0.1) is 5.82 Å². The SMILES string of the molecule is COc1ccc(NC(C)=O)cc1NC(=O)N(C)Cc1cccc(F)c1. The van der Waals surface area contributed by atoms with Crippen molar-refractivity contribution in [3.8, 4) is 5.75 Å². The maximum absolute atomic E-state index is 13.2. The third kappa shape index (κ3) is 5.20. The number of nitrogens with one attached hydrogen (secondary N) is 2. The Morgan fingerprint density at radius 3 is 2.56 bits per heavy atom. The van der Waals surface area contributed by atoms with Gasteiger partial charge in [-0.3, -0.25) is 4.79 Å². The smallest absolute Gasteiger partial charge is 0.321 e. The number of methoxy groups -OCH3 is 1. The molecule has 2 rings (SSSR count). The summed E-state index contributed by atoms with van der Waals surface area (Å²) in [5.41, 5.74) is 1.64.